The van der Waals surface area contributed by atoms with Gasteiger partial charge in [-0.2, -0.15) is 0 Å². The van der Waals surface area contributed by atoms with Gasteiger partial charge < -0.3 is 15.6 Å². The van der Waals surface area contributed by atoms with E-state index in [9.17, 15) is 14.7 Å². The summed E-state index contributed by atoms with van der Waals surface area (Å²) in [6.07, 6.45) is 10.0. The highest BCUT2D eigenvalue weighted by atomic mass is 16.5. The average molecular weight is 392 g/mol. The van der Waals surface area contributed by atoms with Crippen LogP contribution in [0.3, 0.4) is 0 Å². The first-order valence-electron chi connectivity index (χ1n) is 11.7. The third-order valence-corrected chi connectivity index (χ3v) is 8.13. The minimum Gasteiger partial charge on any atom is -0.392 e. The van der Waals surface area contributed by atoms with Crippen molar-refractivity contribution < 1.29 is 19.4 Å². The van der Waals surface area contributed by atoms with E-state index < -0.39 is 24.0 Å². The van der Waals surface area contributed by atoms with E-state index in [1.807, 2.05) is 0 Å². The maximum Gasteiger partial charge on any atom is 0.143 e. The van der Waals surface area contributed by atoms with E-state index in [0.717, 1.165) is 44.4 Å². The summed E-state index contributed by atoms with van der Waals surface area (Å²) in [6, 6.07) is -0.471. The van der Waals surface area contributed by atoms with Crippen molar-refractivity contribution in [1.82, 2.24) is 0 Å². The molecule has 0 spiro atoms. The SMILES string of the molecule is CCCC1CCC(OC2CC(O)C3C(=O)C4CCCCC4C(=O)C3C2N)CC1. The number of carbonyl (C=O) groups excluding carboxylic acids is 2. The lowest BCUT2D eigenvalue weighted by atomic mass is 9.56. The first-order chi connectivity index (χ1) is 13.5. The number of ether oxygens (including phenoxy) is 1. The fraction of sp³-hybridized carbons (Fsp3) is 0.913. The molecule has 0 aromatic carbocycles. The van der Waals surface area contributed by atoms with E-state index in [0.29, 0.717) is 6.42 Å². The molecule has 0 heterocycles. The minimum absolute atomic E-state index is 0.0933. The quantitative estimate of drug-likeness (QED) is 0.769. The predicted molar refractivity (Wildman–Crippen MR) is 107 cm³/mol. The molecule has 3 N–H and O–H groups in total. The zero-order chi connectivity index (χ0) is 19.8. The van der Waals surface area contributed by atoms with Gasteiger partial charge >= 0.3 is 0 Å². The third-order valence-electron chi connectivity index (χ3n) is 8.13. The molecular weight excluding hydrogens is 354 g/mol. The molecule has 0 amide bonds. The van der Waals surface area contributed by atoms with Crippen LogP contribution >= 0.6 is 0 Å². The summed E-state index contributed by atoms with van der Waals surface area (Å²) in [5.41, 5.74) is 6.55. The van der Waals surface area contributed by atoms with E-state index in [-0.39, 0.29) is 35.6 Å². The van der Waals surface area contributed by atoms with Gasteiger partial charge in [-0.25, -0.2) is 0 Å². The molecule has 7 unspecified atom stereocenters. The number of fused-ring (bicyclic) bond motifs is 2. The van der Waals surface area contributed by atoms with Crippen molar-refractivity contribution in [2.75, 3.05) is 0 Å². The Kier molecular flexibility index (Phi) is 6.24. The molecule has 5 heteroatoms. The van der Waals surface area contributed by atoms with Crippen LogP contribution in [0.15, 0.2) is 0 Å². The van der Waals surface area contributed by atoms with Crippen LogP contribution in [0.4, 0.5) is 0 Å². The second-order valence-corrected chi connectivity index (χ2v) is 9.84. The lowest BCUT2D eigenvalue weighted by Gasteiger charge is -2.50. The molecule has 0 radical (unpaired) electrons. The van der Waals surface area contributed by atoms with Crippen molar-refractivity contribution in [2.24, 2.45) is 35.3 Å². The molecule has 158 valence electrons. The molecule has 5 nitrogen and oxygen atoms in total. The number of hydrogen-bond donors (Lipinski definition) is 2. The zero-order valence-electron chi connectivity index (χ0n) is 17.2. The van der Waals surface area contributed by atoms with Crippen LogP contribution < -0.4 is 5.73 Å². The lowest BCUT2D eigenvalue weighted by Crippen LogP contribution is -2.64. The van der Waals surface area contributed by atoms with Gasteiger partial charge in [0.15, 0.2) is 0 Å². The third kappa shape index (κ3) is 3.70. The Bertz CT molecular complexity index is 585. The van der Waals surface area contributed by atoms with Gasteiger partial charge in [0.2, 0.25) is 0 Å². The van der Waals surface area contributed by atoms with Crippen LogP contribution in [0.5, 0.6) is 0 Å². The highest BCUT2D eigenvalue weighted by Crippen LogP contribution is 2.47. The van der Waals surface area contributed by atoms with Crippen LogP contribution in [0.2, 0.25) is 0 Å². The van der Waals surface area contributed by atoms with Gasteiger partial charge in [0, 0.05) is 30.2 Å². The van der Waals surface area contributed by atoms with Gasteiger partial charge in [-0.15, -0.1) is 0 Å². The first-order valence-corrected chi connectivity index (χ1v) is 11.7. The molecular formula is C23H37NO4. The number of nitrogens with two attached hydrogens (primary N) is 1. The summed E-state index contributed by atoms with van der Waals surface area (Å²) in [5.74, 6) is -0.504. The van der Waals surface area contributed by atoms with Gasteiger partial charge in [-0.05, 0) is 44.4 Å². The number of Topliss-reactive ketones (excluding diaryl/α,β-unsaturated/α-hetero) is 2. The number of hydrogen-bond acceptors (Lipinski definition) is 5. The van der Waals surface area contributed by atoms with E-state index in [4.69, 9.17) is 10.5 Å². The monoisotopic (exact) mass is 391 g/mol. The molecule has 0 aliphatic heterocycles. The summed E-state index contributed by atoms with van der Waals surface area (Å²) in [7, 11) is 0. The molecule has 7 atom stereocenters. The Hall–Kier alpha value is -0.780. The number of carbonyl (C=O) groups is 2. The maximum atomic E-state index is 13.2. The van der Waals surface area contributed by atoms with Crippen LogP contribution in [0.1, 0.15) is 77.6 Å². The van der Waals surface area contributed by atoms with Crippen LogP contribution in [0.25, 0.3) is 0 Å². The van der Waals surface area contributed by atoms with Crippen molar-refractivity contribution in [1.29, 1.82) is 0 Å². The highest BCUT2D eigenvalue weighted by Gasteiger charge is 2.57. The Morgan fingerprint density at radius 1 is 0.964 bits per heavy atom. The Labute approximate surface area is 168 Å². The molecule has 4 saturated carbocycles. The van der Waals surface area contributed by atoms with Crippen molar-refractivity contribution >= 4 is 11.6 Å². The van der Waals surface area contributed by atoms with Crippen molar-refractivity contribution in [2.45, 2.75) is 102 Å². The smallest absolute Gasteiger partial charge is 0.143 e. The van der Waals surface area contributed by atoms with Crippen molar-refractivity contribution in [3.63, 3.8) is 0 Å². The minimum atomic E-state index is -0.800. The largest absolute Gasteiger partial charge is 0.392 e. The predicted octanol–water partition coefficient (Wildman–Crippen LogP) is 3.01. The number of aliphatic hydroxyl groups is 1. The number of rotatable bonds is 4. The molecule has 28 heavy (non-hydrogen) atoms. The summed E-state index contributed by atoms with van der Waals surface area (Å²) in [6.45, 7) is 2.24. The topological polar surface area (TPSA) is 89.6 Å². The van der Waals surface area contributed by atoms with Crippen LogP contribution in [-0.4, -0.2) is 41.0 Å². The highest BCUT2D eigenvalue weighted by molar-refractivity contribution is 6.00. The molecule has 0 bridgehead atoms. The molecule has 0 aromatic rings. The van der Waals surface area contributed by atoms with E-state index in [1.54, 1.807) is 0 Å². The van der Waals surface area contributed by atoms with Gasteiger partial charge in [-0.3, -0.25) is 9.59 Å². The standard InChI is InChI=1S/C23H37NO4/c1-2-5-13-8-10-14(11-9-13)28-18-12-17(25)19-20(21(18)24)23(27)16-7-4-3-6-15(16)22(19)26/h13-21,25H,2-12,24H2,1H3. The van der Waals surface area contributed by atoms with Gasteiger partial charge in [0.05, 0.1) is 24.2 Å². The fourth-order valence-corrected chi connectivity index (χ4v) is 6.65. The van der Waals surface area contributed by atoms with E-state index >= 15 is 0 Å². The molecule has 4 fully saturated rings. The van der Waals surface area contributed by atoms with Crippen LogP contribution in [0, 0.1) is 29.6 Å². The first kappa shape index (κ1) is 20.5. The summed E-state index contributed by atoms with van der Waals surface area (Å²) < 4.78 is 6.36. The van der Waals surface area contributed by atoms with Gasteiger partial charge in [-0.1, -0.05) is 32.6 Å². The Morgan fingerprint density at radius 3 is 2.18 bits per heavy atom. The summed E-state index contributed by atoms with van der Waals surface area (Å²) >= 11 is 0. The maximum absolute atomic E-state index is 13.2. The summed E-state index contributed by atoms with van der Waals surface area (Å²) in [5, 5.41) is 10.8. The van der Waals surface area contributed by atoms with E-state index in [2.05, 4.69) is 6.92 Å². The normalized spacial score (nSPS) is 46.8. The molecule has 4 rings (SSSR count). The Morgan fingerprint density at radius 2 is 1.57 bits per heavy atom. The van der Waals surface area contributed by atoms with Crippen molar-refractivity contribution in [3.8, 4) is 0 Å². The zero-order valence-corrected chi connectivity index (χ0v) is 17.2. The molecule has 4 aliphatic carbocycles. The average Bonchev–Trinajstić information content (AvgIpc) is 2.70. The van der Waals surface area contributed by atoms with Crippen molar-refractivity contribution in [3.05, 3.63) is 0 Å². The summed E-state index contributed by atoms with van der Waals surface area (Å²) in [4.78, 5) is 26.3. The van der Waals surface area contributed by atoms with Gasteiger partial charge in [0.1, 0.15) is 11.6 Å². The van der Waals surface area contributed by atoms with E-state index in [1.165, 1.54) is 25.7 Å². The lowest BCUT2D eigenvalue weighted by molar-refractivity contribution is -0.168. The fourth-order valence-electron chi connectivity index (χ4n) is 6.65. The Balaban J connectivity index is 1.44. The molecule has 0 saturated heterocycles. The number of aliphatic hydroxyl groups excluding tert-OH is 1. The molecule has 4 aliphatic rings. The second kappa shape index (κ2) is 8.53. The number of ketones is 2. The molecule has 0 aromatic heterocycles. The second-order valence-electron chi connectivity index (χ2n) is 9.84. The van der Waals surface area contributed by atoms with Gasteiger partial charge in [0.25, 0.3) is 0 Å². The van der Waals surface area contributed by atoms with Crippen LogP contribution in [-0.2, 0) is 14.3 Å².